The van der Waals surface area contributed by atoms with Crippen LogP contribution >= 0.6 is 0 Å². The third-order valence-corrected chi connectivity index (χ3v) is 1.24. The highest BCUT2D eigenvalue weighted by Gasteiger charge is 2.18. The monoisotopic (exact) mass is 207 g/mol. The predicted octanol–water partition coefficient (Wildman–Crippen LogP) is 0.254. The molecular formula is C9H16O5. The van der Waals surface area contributed by atoms with Gasteiger partial charge in [-0.2, -0.15) is 0 Å². The van der Waals surface area contributed by atoms with Crippen LogP contribution < -0.4 is 0 Å². The van der Waals surface area contributed by atoms with E-state index >= 15 is 0 Å². The van der Waals surface area contributed by atoms with Crippen molar-refractivity contribution >= 4 is 11.9 Å². The van der Waals surface area contributed by atoms with Gasteiger partial charge in [0.2, 0.25) is 0 Å². The fourth-order valence-electron chi connectivity index (χ4n) is 0.639. The molecule has 0 aliphatic heterocycles. The topological polar surface area (TPSA) is 72.8 Å². The number of aliphatic hydroxyl groups excluding tert-OH is 1. The van der Waals surface area contributed by atoms with E-state index in [2.05, 4.69) is 9.47 Å². The summed E-state index contributed by atoms with van der Waals surface area (Å²) in [5.74, 6) is -2.08. The molecule has 0 aliphatic carbocycles. The second kappa shape index (κ2) is 7.32. The Kier molecular flexibility index (Phi) is 4.30. The minimum absolute atomic E-state index is 0.124. The van der Waals surface area contributed by atoms with Crippen LogP contribution in [0.3, 0.4) is 0 Å². The third-order valence-electron chi connectivity index (χ3n) is 1.24. The molecule has 0 aromatic rings. The lowest BCUT2D eigenvalue weighted by Gasteiger charge is -2.11. The zero-order valence-electron chi connectivity index (χ0n) is 11.1. The van der Waals surface area contributed by atoms with Crippen molar-refractivity contribution in [1.82, 2.24) is 0 Å². The first-order valence-corrected chi connectivity index (χ1v) is 4.18. The minimum Gasteiger partial charge on any atom is -0.463 e. The van der Waals surface area contributed by atoms with Gasteiger partial charge in [-0.15, -0.1) is 0 Å². The number of carbonyl (C=O) groups excluding carboxylic acids is 2. The summed E-state index contributed by atoms with van der Waals surface area (Å²) >= 11 is 0. The Morgan fingerprint density at radius 2 is 2.21 bits per heavy atom. The molecule has 0 aromatic heterocycles. The molecule has 0 amide bonds. The number of hydrogen-bond acceptors (Lipinski definition) is 5. The number of esters is 2. The highest BCUT2D eigenvalue weighted by molar-refractivity contribution is 5.78. The van der Waals surface area contributed by atoms with Gasteiger partial charge in [0.1, 0.15) is 0 Å². The highest BCUT2D eigenvalue weighted by atomic mass is 16.6. The van der Waals surface area contributed by atoms with E-state index in [0.29, 0.717) is 0 Å². The number of aliphatic hydroxyl groups is 1. The van der Waals surface area contributed by atoms with Crippen LogP contribution in [0.2, 0.25) is 0 Å². The Balaban J connectivity index is 4.38. The number of ether oxygens (including phenoxy) is 2. The fraction of sp³-hybridized carbons (Fsp3) is 0.778. The normalized spacial score (nSPS) is 18.4. The van der Waals surface area contributed by atoms with Gasteiger partial charge in [-0.1, -0.05) is 0 Å². The Morgan fingerprint density at radius 1 is 1.57 bits per heavy atom. The number of hydrogen-bond donors (Lipinski definition) is 1. The van der Waals surface area contributed by atoms with E-state index in [1.165, 1.54) is 6.92 Å². The number of carbonyl (C=O) groups is 2. The minimum atomic E-state index is -2.51. The Morgan fingerprint density at radius 3 is 2.71 bits per heavy atom. The molecule has 82 valence electrons. The van der Waals surface area contributed by atoms with Crippen LogP contribution in [0.4, 0.5) is 0 Å². The van der Waals surface area contributed by atoms with Gasteiger partial charge in [-0.05, 0) is 20.3 Å². The van der Waals surface area contributed by atoms with E-state index in [1.807, 2.05) is 0 Å². The molecule has 0 aromatic carbocycles. The van der Waals surface area contributed by atoms with E-state index in [-0.39, 0.29) is 6.61 Å². The largest absolute Gasteiger partial charge is 0.463 e. The van der Waals surface area contributed by atoms with Gasteiger partial charge in [0, 0.05) is 15.7 Å². The molecule has 0 fully saturated rings. The van der Waals surface area contributed by atoms with Gasteiger partial charge >= 0.3 is 11.9 Å². The zero-order chi connectivity index (χ0) is 13.6. The van der Waals surface area contributed by atoms with Gasteiger partial charge in [0.25, 0.3) is 0 Å². The molecule has 0 aliphatic rings. The van der Waals surface area contributed by atoms with Crippen LogP contribution in [0.5, 0.6) is 0 Å². The molecule has 2 atom stereocenters. The Hall–Kier alpha value is -1.10. The van der Waals surface area contributed by atoms with Gasteiger partial charge in [0.05, 0.1) is 7.98 Å². The van der Waals surface area contributed by atoms with Crippen molar-refractivity contribution in [2.75, 3.05) is 13.2 Å². The van der Waals surface area contributed by atoms with Crippen LogP contribution in [0.15, 0.2) is 0 Å². The molecule has 0 rings (SSSR count). The SMILES string of the molecule is [2H][C@@H](O)CC([2H])([2H])C(=O)O[C@@H](C)C(=O)OCC. The van der Waals surface area contributed by atoms with Crippen molar-refractivity contribution in [3.63, 3.8) is 0 Å². The van der Waals surface area contributed by atoms with E-state index in [0.717, 1.165) is 0 Å². The van der Waals surface area contributed by atoms with Gasteiger partial charge < -0.3 is 14.6 Å². The summed E-state index contributed by atoms with van der Waals surface area (Å²) in [6, 6.07) is 0. The molecular weight excluding hydrogens is 188 g/mol. The van der Waals surface area contributed by atoms with Crippen molar-refractivity contribution in [3.8, 4) is 0 Å². The van der Waals surface area contributed by atoms with Crippen LogP contribution in [0.1, 0.15) is 30.8 Å². The van der Waals surface area contributed by atoms with Crippen molar-refractivity contribution < 1.29 is 28.3 Å². The summed E-state index contributed by atoms with van der Waals surface area (Å²) < 4.78 is 30.4. The van der Waals surface area contributed by atoms with Crippen LogP contribution in [0, 0.1) is 0 Å². The van der Waals surface area contributed by atoms with E-state index in [4.69, 9.17) is 9.22 Å². The maximum Gasteiger partial charge on any atom is 0.347 e. The average molecular weight is 207 g/mol. The van der Waals surface area contributed by atoms with Crippen LogP contribution in [0.25, 0.3) is 0 Å². The third kappa shape index (κ3) is 5.53. The van der Waals surface area contributed by atoms with Crippen molar-refractivity contribution in [3.05, 3.63) is 0 Å². The van der Waals surface area contributed by atoms with E-state index in [9.17, 15) is 9.59 Å². The maximum atomic E-state index is 11.3. The average Bonchev–Trinajstić information content (AvgIpc) is 2.15. The van der Waals surface area contributed by atoms with Crippen molar-refractivity contribution in [2.45, 2.75) is 32.7 Å². The van der Waals surface area contributed by atoms with Crippen LogP contribution in [-0.2, 0) is 19.1 Å². The summed E-state index contributed by atoms with van der Waals surface area (Å²) in [5, 5.41) is 8.69. The summed E-state index contributed by atoms with van der Waals surface area (Å²) in [4.78, 5) is 22.4. The summed E-state index contributed by atoms with van der Waals surface area (Å²) in [6.07, 6.45) is -4.45. The summed E-state index contributed by atoms with van der Waals surface area (Å²) in [6.45, 7) is 1.24. The lowest BCUT2D eigenvalue weighted by atomic mass is 10.3. The van der Waals surface area contributed by atoms with Gasteiger partial charge in [0.15, 0.2) is 6.10 Å². The number of rotatable bonds is 6. The lowest BCUT2D eigenvalue weighted by Crippen LogP contribution is -2.26. The quantitative estimate of drug-likeness (QED) is 0.632. The lowest BCUT2D eigenvalue weighted by molar-refractivity contribution is -0.166. The summed E-state index contributed by atoms with van der Waals surface area (Å²) in [7, 11) is 0. The van der Waals surface area contributed by atoms with Crippen LogP contribution in [-0.4, -0.2) is 36.3 Å². The molecule has 0 radical (unpaired) electrons. The second-order valence-corrected chi connectivity index (χ2v) is 2.36. The Bertz CT molecular complexity index is 280. The molecule has 0 saturated heterocycles. The van der Waals surface area contributed by atoms with Gasteiger partial charge in [-0.25, -0.2) is 4.79 Å². The molecule has 0 unspecified atom stereocenters. The first-order chi connectivity index (χ1) is 7.70. The molecule has 0 spiro atoms. The van der Waals surface area contributed by atoms with E-state index in [1.54, 1.807) is 6.92 Å². The zero-order valence-corrected chi connectivity index (χ0v) is 8.15. The summed E-state index contributed by atoms with van der Waals surface area (Å²) in [5.41, 5.74) is 0. The van der Waals surface area contributed by atoms with E-state index < -0.39 is 37.4 Å². The molecule has 14 heavy (non-hydrogen) atoms. The predicted molar refractivity (Wildman–Crippen MR) is 48.5 cm³/mol. The Labute approximate surface area is 87.2 Å². The van der Waals surface area contributed by atoms with Crippen molar-refractivity contribution in [2.24, 2.45) is 0 Å². The molecule has 0 heterocycles. The first kappa shape index (κ1) is 8.23. The first-order valence-electron chi connectivity index (χ1n) is 5.76. The smallest absolute Gasteiger partial charge is 0.347 e. The highest BCUT2D eigenvalue weighted by Crippen LogP contribution is 1.99. The molecule has 0 saturated carbocycles. The second-order valence-electron chi connectivity index (χ2n) is 2.36. The fourth-order valence-corrected chi connectivity index (χ4v) is 0.639. The molecule has 5 nitrogen and oxygen atoms in total. The molecule has 5 heteroatoms. The van der Waals surface area contributed by atoms with Gasteiger partial charge in [-0.3, -0.25) is 4.79 Å². The van der Waals surface area contributed by atoms with Crippen molar-refractivity contribution in [1.29, 1.82) is 0 Å². The molecule has 0 bridgehead atoms. The standard InChI is InChI=1S/C9H16O5/c1-3-13-9(12)7(2)14-8(11)5-4-6-10/h7,10H,3-6H2,1-2H3/t7-/m0/s1/i5D2,6D/t6-,7+/m1. The maximum absolute atomic E-state index is 11.3. The molecule has 1 N–H and O–H groups in total.